The molecule has 1 fully saturated rings. The minimum absolute atomic E-state index is 0.270. The molecule has 0 aliphatic carbocycles. The van der Waals surface area contributed by atoms with Crippen molar-refractivity contribution in [1.29, 1.82) is 0 Å². The summed E-state index contributed by atoms with van der Waals surface area (Å²) in [6, 6.07) is 0.270. The molecule has 68 valence electrons. The molecule has 0 aromatic rings. The van der Waals surface area contributed by atoms with Crippen LogP contribution in [0.3, 0.4) is 0 Å². The van der Waals surface area contributed by atoms with E-state index in [0.29, 0.717) is 0 Å². The second kappa shape index (κ2) is 3.73. The third-order valence-electron chi connectivity index (χ3n) is 1.73. The summed E-state index contributed by atoms with van der Waals surface area (Å²) in [5.74, 6) is 0. The molecule has 4 N–H and O–H groups in total. The molecule has 11 heavy (non-hydrogen) atoms. The van der Waals surface area contributed by atoms with Crippen molar-refractivity contribution >= 4 is 10.8 Å². The lowest BCUT2D eigenvalue weighted by molar-refractivity contribution is 0.401. The van der Waals surface area contributed by atoms with Gasteiger partial charge in [-0.25, -0.2) is 4.72 Å². The Balaban J connectivity index is 2.24. The molecule has 1 aliphatic heterocycles. The van der Waals surface area contributed by atoms with Gasteiger partial charge >= 0.3 is 0 Å². The monoisotopic (exact) mass is 180 g/mol. The number of rotatable bonds is 2. The predicted molar refractivity (Wildman–Crippen MR) is 47.8 cm³/mol. The fourth-order valence-electron chi connectivity index (χ4n) is 1.26. The van der Waals surface area contributed by atoms with Crippen LogP contribution in [-0.4, -0.2) is 34.5 Å². The zero-order chi connectivity index (χ0) is 8.32. The average molecular weight is 180 g/mol. The summed E-state index contributed by atoms with van der Waals surface area (Å²) in [5, 5.41) is 3.21. The van der Waals surface area contributed by atoms with Crippen LogP contribution in [0.1, 0.15) is 12.8 Å². The normalized spacial score (nSPS) is 23.5. The Kier molecular flexibility index (Phi) is 3.15. The molecule has 5 heteroatoms. The van der Waals surface area contributed by atoms with E-state index in [1.165, 1.54) is 6.26 Å². The minimum Gasteiger partial charge on any atom is -0.317 e. The van der Waals surface area contributed by atoms with Crippen LogP contribution in [0, 0.1) is 0 Å². The highest BCUT2D eigenvalue weighted by Gasteiger charge is 2.16. The van der Waals surface area contributed by atoms with E-state index in [9.17, 15) is 0 Å². The Morgan fingerprint density at radius 3 is 2.36 bits per heavy atom. The van der Waals surface area contributed by atoms with Gasteiger partial charge in [-0.15, -0.1) is 10.8 Å². The standard InChI is InChI=1S/C6H16N2O2S/c1-11(9,10)8-6-2-4-7-5-3-6/h6-10H,2-5H2,1H3. The Morgan fingerprint density at radius 1 is 1.36 bits per heavy atom. The first-order valence-corrected chi connectivity index (χ1v) is 5.74. The van der Waals surface area contributed by atoms with E-state index in [4.69, 9.17) is 9.11 Å². The van der Waals surface area contributed by atoms with Gasteiger partial charge in [0.1, 0.15) is 0 Å². The first-order chi connectivity index (χ1) is 5.08. The fourth-order valence-corrected chi connectivity index (χ4v) is 2.12. The maximum atomic E-state index is 9.08. The number of piperidine rings is 1. The van der Waals surface area contributed by atoms with Crippen molar-refractivity contribution < 1.29 is 9.11 Å². The van der Waals surface area contributed by atoms with Crippen LogP contribution in [-0.2, 0) is 0 Å². The van der Waals surface area contributed by atoms with Crippen LogP contribution < -0.4 is 10.0 Å². The Morgan fingerprint density at radius 2 is 1.91 bits per heavy atom. The van der Waals surface area contributed by atoms with Crippen molar-refractivity contribution in [2.45, 2.75) is 18.9 Å². The largest absolute Gasteiger partial charge is 0.317 e. The lowest BCUT2D eigenvalue weighted by atomic mass is 10.1. The fraction of sp³-hybridized carbons (Fsp3) is 1.00. The van der Waals surface area contributed by atoms with E-state index in [0.717, 1.165) is 25.9 Å². The summed E-state index contributed by atoms with van der Waals surface area (Å²) < 4.78 is 21.0. The van der Waals surface area contributed by atoms with Gasteiger partial charge in [-0.3, -0.25) is 9.11 Å². The topological polar surface area (TPSA) is 64.5 Å². The zero-order valence-corrected chi connectivity index (χ0v) is 7.52. The van der Waals surface area contributed by atoms with E-state index in [1.54, 1.807) is 0 Å². The van der Waals surface area contributed by atoms with Crippen molar-refractivity contribution in [2.75, 3.05) is 19.3 Å². The summed E-state index contributed by atoms with van der Waals surface area (Å²) in [5.41, 5.74) is 0. The molecule has 0 amide bonds. The van der Waals surface area contributed by atoms with Gasteiger partial charge in [-0.2, -0.15) is 0 Å². The molecule has 0 spiro atoms. The highest BCUT2D eigenvalue weighted by Crippen LogP contribution is 2.29. The molecule has 1 saturated heterocycles. The van der Waals surface area contributed by atoms with Gasteiger partial charge in [0.2, 0.25) is 0 Å². The second-order valence-electron chi connectivity index (χ2n) is 2.98. The van der Waals surface area contributed by atoms with E-state index in [2.05, 4.69) is 10.0 Å². The molecule has 0 radical (unpaired) electrons. The van der Waals surface area contributed by atoms with Gasteiger partial charge in [0, 0.05) is 12.3 Å². The van der Waals surface area contributed by atoms with E-state index < -0.39 is 10.8 Å². The molecule has 4 nitrogen and oxygen atoms in total. The minimum atomic E-state index is -2.50. The SMILES string of the molecule is CS(O)(O)NC1CCNCC1. The molecule has 0 aromatic carbocycles. The molecule has 1 heterocycles. The summed E-state index contributed by atoms with van der Waals surface area (Å²) in [6.07, 6.45) is 3.38. The van der Waals surface area contributed by atoms with Crippen molar-refractivity contribution in [3.8, 4) is 0 Å². The molecule has 0 unspecified atom stereocenters. The Labute approximate surface area is 68.9 Å². The number of hydrogen-bond acceptors (Lipinski definition) is 4. The van der Waals surface area contributed by atoms with Crippen LogP contribution in [0.15, 0.2) is 0 Å². The third-order valence-corrected chi connectivity index (χ3v) is 2.51. The van der Waals surface area contributed by atoms with Crippen LogP contribution in [0.25, 0.3) is 0 Å². The van der Waals surface area contributed by atoms with Gasteiger partial charge in [0.15, 0.2) is 0 Å². The first-order valence-electron chi connectivity index (χ1n) is 3.79. The lowest BCUT2D eigenvalue weighted by Crippen LogP contribution is -2.40. The maximum Gasteiger partial charge on any atom is 0.0416 e. The highest BCUT2D eigenvalue weighted by atomic mass is 32.3. The van der Waals surface area contributed by atoms with Crippen LogP contribution in [0.4, 0.5) is 0 Å². The summed E-state index contributed by atoms with van der Waals surface area (Å²) in [4.78, 5) is 0. The van der Waals surface area contributed by atoms with Crippen molar-refractivity contribution in [3.05, 3.63) is 0 Å². The smallest absolute Gasteiger partial charge is 0.0416 e. The third kappa shape index (κ3) is 3.93. The molecule has 0 saturated carbocycles. The lowest BCUT2D eigenvalue weighted by Gasteiger charge is -2.34. The van der Waals surface area contributed by atoms with Crippen molar-refractivity contribution in [3.63, 3.8) is 0 Å². The molecule has 1 aliphatic rings. The first kappa shape index (κ1) is 9.28. The van der Waals surface area contributed by atoms with E-state index >= 15 is 0 Å². The Hall–Kier alpha value is 0.190. The van der Waals surface area contributed by atoms with E-state index in [-0.39, 0.29) is 6.04 Å². The van der Waals surface area contributed by atoms with Crippen LogP contribution in [0.2, 0.25) is 0 Å². The van der Waals surface area contributed by atoms with Crippen molar-refractivity contribution in [1.82, 2.24) is 10.0 Å². The van der Waals surface area contributed by atoms with Gasteiger partial charge in [-0.05, 0) is 25.9 Å². The van der Waals surface area contributed by atoms with Gasteiger partial charge < -0.3 is 5.32 Å². The second-order valence-corrected chi connectivity index (χ2v) is 4.88. The molecular formula is C6H16N2O2S. The van der Waals surface area contributed by atoms with Crippen molar-refractivity contribution in [2.24, 2.45) is 0 Å². The summed E-state index contributed by atoms with van der Waals surface area (Å²) >= 11 is 0. The molecule has 1 rings (SSSR count). The highest BCUT2D eigenvalue weighted by molar-refractivity contribution is 8.22. The van der Waals surface area contributed by atoms with Crippen LogP contribution in [0.5, 0.6) is 0 Å². The van der Waals surface area contributed by atoms with Gasteiger partial charge in [0.25, 0.3) is 0 Å². The molecule has 0 aromatic heterocycles. The maximum absolute atomic E-state index is 9.08. The van der Waals surface area contributed by atoms with Gasteiger partial charge in [0.05, 0.1) is 0 Å². The summed E-state index contributed by atoms with van der Waals surface area (Å²) in [6.45, 7) is 1.93. The molecule has 0 atom stereocenters. The summed E-state index contributed by atoms with van der Waals surface area (Å²) in [7, 11) is -2.50. The number of hydrogen-bond donors (Lipinski definition) is 4. The Bertz CT molecular complexity index is 120. The zero-order valence-electron chi connectivity index (χ0n) is 6.71. The molecular weight excluding hydrogens is 164 g/mol. The van der Waals surface area contributed by atoms with Crippen LogP contribution >= 0.6 is 10.8 Å². The quantitative estimate of drug-likeness (QED) is 0.503. The number of nitrogens with one attached hydrogen (secondary N) is 2. The predicted octanol–water partition coefficient (Wildman–Crippen LogP) is 0.623. The average Bonchev–Trinajstić information content (AvgIpc) is 1.85. The molecule has 0 bridgehead atoms. The van der Waals surface area contributed by atoms with Gasteiger partial charge in [-0.1, -0.05) is 0 Å². The van der Waals surface area contributed by atoms with E-state index in [1.807, 2.05) is 0 Å².